The zero-order valence-electron chi connectivity index (χ0n) is 23.0. The summed E-state index contributed by atoms with van der Waals surface area (Å²) in [7, 11) is 0. The van der Waals surface area contributed by atoms with E-state index in [-0.39, 0.29) is 23.0 Å². The minimum absolute atomic E-state index is 0.0143. The summed E-state index contributed by atoms with van der Waals surface area (Å²) in [6.45, 7) is 10.9. The highest BCUT2D eigenvalue weighted by atomic mass is 16.2. The van der Waals surface area contributed by atoms with Crippen LogP contribution in [0, 0.1) is 5.92 Å². The van der Waals surface area contributed by atoms with Gasteiger partial charge in [-0.25, -0.2) is 4.98 Å². The Labute approximate surface area is 229 Å². The number of amides is 1. The third kappa shape index (κ3) is 5.22. The summed E-state index contributed by atoms with van der Waals surface area (Å²) < 4.78 is 1.73. The number of pyridine rings is 1. The van der Waals surface area contributed by atoms with Crippen LogP contribution in [0.3, 0.4) is 0 Å². The zero-order valence-corrected chi connectivity index (χ0v) is 23.0. The molecule has 3 heterocycles. The molecule has 204 valence electrons. The summed E-state index contributed by atoms with van der Waals surface area (Å²) >= 11 is 0. The lowest BCUT2D eigenvalue weighted by atomic mass is 9.95. The van der Waals surface area contributed by atoms with E-state index >= 15 is 0 Å². The molecule has 2 aromatic heterocycles. The number of piperazine rings is 1. The maximum atomic E-state index is 12.5. The van der Waals surface area contributed by atoms with E-state index in [1.165, 1.54) is 36.5 Å². The highest BCUT2D eigenvalue weighted by Gasteiger charge is 2.45. The summed E-state index contributed by atoms with van der Waals surface area (Å²) in [6, 6.07) is 12.9. The SMILES string of the molecule is C=CC(=O)N1CCN([C@@H](CC2CC2)c2ccc(C3(Nc4ncc5ccc(=O)n(C(C)C)c5n4)CC3)cc2)CC1. The van der Waals surface area contributed by atoms with Crippen molar-refractivity contribution >= 4 is 22.9 Å². The summed E-state index contributed by atoms with van der Waals surface area (Å²) in [5.41, 5.74) is 3.04. The number of benzene rings is 1. The van der Waals surface area contributed by atoms with Gasteiger partial charge in [-0.2, -0.15) is 4.98 Å². The van der Waals surface area contributed by atoms with E-state index in [2.05, 4.69) is 46.0 Å². The molecule has 1 aromatic carbocycles. The number of carbonyl (C=O) groups is 1. The van der Waals surface area contributed by atoms with Gasteiger partial charge in [0.1, 0.15) is 5.65 Å². The standard InChI is InChI=1S/C31H38N6O2/c1-4-27(38)36-17-15-35(16-18-36)26(19-22-5-6-22)23-7-10-25(11-8-23)31(13-14-31)34-30-32-20-24-9-12-28(39)37(21(2)3)29(24)33-30/h4,7-12,20-22,26H,1,5-6,13-19H2,2-3H3,(H,32,33,34)/t26-/m0/s1. The molecule has 2 saturated carbocycles. The number of nitrogens with zero attached hydrogens (tertiary/aromatic N) is 5. The molecular weight excluding hydrogens is 488 g/mol. The molecule has 6 rings (SSSR count). The summed E-state index contributed by atoms with van der Waals surface area (Å²) in [5, 5.41) is 4.47. The van der Waals surface area contributed by atoms with E-state index in [0.717, 1.165) is 50.3 Å². The highest BCUT2D eigenvalue weighted by molar-refractivity contribution is 5.87. The second kappa shape index (κ2) is 10.2. The van der Waals surface area contributed by atoms with Gasteiger partial charge in [0.25, 0.3) is 5.56 Å². The van der Waals surface area contributed by atoms with Crippen LogP contribution in [0.1, 0.15) is 69.2 Å². The smallest absolute Gasteiger partial charge is 0.252 e. The van der Waals surface area contributed by atoms with Crippen molar-refractivity contribution in [2.24, 2.45) is 5.92 Å². The number of hydrogen-bond donors (Lipinski definition) is 1. The molecule has 1 amide bonds. The molecule has 8 nitrogen and oxygen atoms in total. The topological polar surface area (TPSA) is 83.4 Å². The Bertz CT molecular complexity index is 1430. The Morgan fingerprint density at radius 1 is 1.10 bits per heavy atom. The lowest BCUT2D eigenvalue weighted by molar-refractivity contribution is -0.128. The van der Waals surface area contributed by atoms with Gasteiger partial charge in [0.15, 0.2) is 0 Å². The normalized spacial score (nSPS) is 19.7. The van der Waals surface area contributed by atoms with Crippen LogP contribution >= 0.6 is 0 Å². The predicted molar refractivity (Wildman–Crippen MR) is 154 cm³/mol. The molecular formula is C31H38N6O2. The van der Waals surface area contributed by atoms with Crippen molar-refractivity contribution in [3.8, 4) is 0 Å². The van der Waals surface area contributed by atoms with Crippen LogP contribution in [-0.2, 0) is 10.3 Å². The second-order valence-electron chi connectivity index (χ2n) is 11.7. The van der Waals surface area contributed by atoms with E-state index in [4.69, 9.17) is 4.98 Å². The Hall–Kier alpha value is -3.52. The number of carbonyl (C=O) groups excluding carboxylic acids is 1. The van der Waals surface area contributed by atoms with Gasteiger partial charge in [-0.15, -0.1) is 0 Å². The van der Waals surface area contributed by atoms with E-state index in [1.807, 2.05) is 18.7 Å². The van der Waals surface area contributed by atoms with Gasteiger partial charge in [0, 0.05) is 55.9 Å². The first-order valence-corrected chi connectivity index (χ1v) is 14.3. The van der Waals surface area contributed by atoms with E-state index in [1.54, 1.807) is 22.9 Å². The van der Waals surface area contributed by atoms with Crippen LogP contribution in [0.4, 0.5) is 5.95 Å². The third-order valence-corrected chi connectivity index (χ3v) is 8.63. The quantitative estimate of drug-likeness (QED) is 0.409. The van der Waals surface area contributed by atoms with Crippen LogP contribution in [0.2, 0.25) is 0 Å². The third-order valence-electron chi connectivity index (χ3n) is 8.63. The average Bonchev–Trinajstić information content (AvgIpc) is 3.89. The number of hydrogen-bond acceptors (Lipinski definition) is 6. The molecule has 3 fully saturated rings. The summed E-state index contributed by atoms with van der Waals surface area (Å²) in [6.07, 6.45) is 9.09. The molecule has 0 radical (unpaired) electrons. The molecule has 1 saturated heterocycles. The van der Waals surface area contributed by atoms with Gasteiger partial charge < -0.3 is 10.2 Å². The molecule has 2 aliphatic carbocycles. The average molecular weight is 527 g/mol. The first kappa shape index (κ1) is 25.7. The molecule has 0 bridgehead atoms. The molecule has 1 atom stereocenters. The maximum absolute atomic E-state index is 12.5. The first-order chi connectivity index (χ1) is 18.9. The molecule has 8 heteroatoms. The predicted octanol–water partition coefficient (Wildman–Crippen LogP) is 4.65. The summed E-state index contributed by atoms with van der Waals surface area (Å²) in [4.78, 5) is 38.4. The van der Waals surface area contributed by atoms with Gasteiger partial charge in [-0.05, 0) is 62.3 Å². The van der Waals surface area contributed by atoms with Gasteiger partial charge >= 0.3 is 0 Å². The van der Waals surface area contributed by atoms with Crippen molar-refractivity contribution < 1.29 is 4.79 Å². The van der Waals surface area contributed by atoms with Crippen molar-refractivity contribution in [2.75, 3.05) is 31.5 Å². The monoisotopic (exact) mass is 526 g/mol. The Balaban J connectivity index is 1.20. The van der Waals surface area contributed by atoms with Gasteiger partial charge in [-0.3, -0.25) is 19.1 Å². The minimum atomic E-state index is -0.174. The maximum Gasteiger partial charge on any atom is 0.252 e. The lowest BCUT2D eigenvalue weighted by Gasteiger charge is -2.39. The van der Waals surface area contributed by atoms with Crippen molar-refractivity contribution in [3.05, 3.63) is 76.7 Å². The number of aromatic nitrogens is 3. The molecule has 3 aromatic rings. The van der Waals surface area contributed by atoms with Gasteiger partial charge in [0.2, 0.25) is 11.9 Å². The first-order valence-electron chi connectivity index (χ1n) is 14.3. The summed E-state index contributed by atoms with van der Waals surface area (Å²) in [5.74, 6) is 1.40. The molecule has 0 unspecified atom stereocenters. The number of anilines is 1. The number of fused-ring (bicyclic) bond motifs is 1. The Morgan fingerprint density at radius 2 is 1.82 bits per heavy atom. The number of rotatable bonds is 9. The van der Waals surface area contributed by atoms with Crippen LogP contribution < -0.4 is 10.9 Å². The van der Waals surface area contributed by atoms with Crippen molar-refractivity contribution in [1.29, 1.82) is 0 Å². The van der Waals surface area contributed by atoms with Crippen LogP contribution in [0.15, 0.2) is 60.0 Å². The molecule has 39 heavy (non-hydrogen) atoms. The molecule has 1 N–H and O–H groups in total. The highest BCUT2D eigenvalue weighted by Crippen LogP contribution is 2.48. The van der Waals surface area contributed by atoms with Gasteiger partial charge in [-0.1, -0.05) is 43.7 Å². The largest absolute Gasteiger partial charge is 0.345 e. The van der Waals surface area contributed by atoms with Crippen LogP contribution in [-0.4, -0.2) is 56.4 Å². The zero-order chi connectivity index (χ0) is 27.1. The lowest BCUT2D eigenvalue weighted by Crippen LogP contribution is -2.49. The fourth-order valence-corrected chi connectivity index (χ4v) is 6.00. The molecule has 3 aliphatic rings. The van der Waals surface area contributed by atoms with Crippen molar-refractivity contribution in [2.45, 2.75) is 63.6 Å². The van der Waals surface area contributed by atoms with Gasteiger partial charge in [0.05, 0.1) is 5.54 Å². The van der Waals surface area contributed by atoms with E-state index < -0.39 is 0 Å². The molecule has 0 spiro atoms. The fraction of sp³-hybridized carbons (Fsp3) is 0.484. The van der Waals surface area contributed by atoms with E-state index in [9.17, 15) is 9.59 Å². The van der Waals surface area contributed by atoms with E-state index in [0.29, 0.717) is 17.6 Å². The van der Waals surface area contributed by atoms with Crippen LogP contribution in [0.5, 0.6) is 0 Å². The van der Waals surface area contributed by atoms with Crippen molar-refractivity contribution in [1.82, 2.24) is 24.3 Å². The molecule has 1 aliphatic heterocycles. The Morgan fingerprint density at radius 3 is 2.44 bits per heavy atom. The Kier molecular flexibility index (Phi) is 6.75. The second-order valence-corrected chi connectivity index (χ2v) is 11.7. The van der Waals surface area contributed by atoms with Crippen molar-refractivity contribution in [3.63, 3.8) is 0 Å². The minimum Gasteiger partial charge on any atom is -0.345 e. The van der Waals surface area contributed by atoms with Crippen LogP contribution in [0.25, 0.3) is 11.0 Å². The number of nitrogens with one attached hydrogen (secondary N) is 1. The fourth-order valence-electron chi connectivity index (χ4n) is 6.00.